The van der Waals surface area contributed by atoms with Gasteiger partial charge >= 0.3 is 0 Å². The third-order valence-corrected chi connectivity index (χ3v) is 4.28. The summed E-state index contributed by atoms with van der Waals surface area (Å²) in [7, 11) is 0. The van der Waals surface area contributed by atoms with Crippen molar-refractivity contribution in [2.24, 2.45) is 0 Å². The molecule has 0 saturated carbocycles. The average Bonchev–Trinajstić information content (AvgIpc) is 3.02. The summed E-state index contributed by atoms with van der Waals surface area (Å²) in [4.78, 5) is 8.96. The molecular weight excluding hydrogens is 344 g/mol. The van der Waals surface area contributed by atoms with Crippen LogP contribution in [0.4, 0.5) is 0 Å². The van der Waals surface area contributed by atoms with Crippen molar-refractivity contribution in [3.8, 4) is 23.1 Å². The van der Waals surface area contributed by atoms with Crippen LogP contribution in [0.15, 0.2) is 29.0 Å². The topological polar surface area (TPSA) is 72.3 Å². The van der Waals surface area contributed by atoms with E-state index in [1.165, 1.54) is 0 Å². The minimum absolute atomic E-state index is 0.210. The van der Waals surface area contributed by atoms with E-state index in [4.69, 9.17) is 5.26 Å². The van der Waals surface area contributed by atoms with Crippen LogP contribution >= 0.6 is 15.9 Å². The van der Waals surface area contributed by atoms with Crippen LogP contribution in [-0.2, 0) is 13.0 Å². The molecule has 0 fully saturated rings. The predicted molar refractivity (Wildman–Crippen MR) is 83.4 cm³/mol. The van der Waals surface area contributed by atoms with Gasteiger partial charge in [0, 0.05) is 10.0 Å². The fourth-order valence-electron chi connectivity index (χ4n) is 2.74. The summed E-state index contributed by atoms with van der Waals surface area (Å²) in [5.74, 6) is 1.33. The molecule has 1 aliphatic heterocycles. The van der Waals surface area contributed by atoms with Gasteiger partial charge in [-0.05, 0) is 25.1 Å². The zero-order valence-corrected chi connectivity index (χ0v) is 13.4. The monoisotopic (exact) mass is 354 g/mol. The lowest BCUT2D eigenvalue weighted by atomic mass is 10.1. The zero-order valence-electron chi connectivity index (χ0n) is 11.8. The minimum atomic E-state index is 0.210. The maximum atomic E-state index is 8.88. The first-order valence-electron chi connectivity index (χ1n) is 6.81. The summed E-state index contributed by atoms with van der Waals surface area (Å²) < 4.78 is 4.91. The number of hydrogen-bond donors (Lipinski definition) is 0. The van der Waals surface area contributed by atoms with Crippen molar-refractivity contribution < 1.29 is 0 Å². The third kappa shape index (κ3) is 1.88. The van der Waals surface area contributed by atoms with Gasteiger partial charge in [0.15, 0.2) is 11.6 Å². The molecule has 108 valence electrons. The highest BCUT2D eigenvalue weighted by atomic mass is 79.9. The molecule has 3 heterocycles. The molecule has 1 aromatic carbocycles. The second-order valence-corrected chi connectivity index (χ2v) is 6.07. The van der Waals surface area contributed by atoms with Crippen molar-refractivity contribution in [1.82, 2.24) is 24.3 Å². The second-order valence-electron chi connectivity index (χ2n) is 5.15. The standard InChI is InChI=1S/C15H11BrN6/c1-9-13-7-22-15(19-14(20-22)4-5-17)11-6-10(16)2-3-12(11)21(13)8-18-9/h2-3,6,8H,4,7H2,1H3. The number of halogens is 1. The number of aromatic nitrogens is 5. The van der Waals surface area contributed by atoms with Crippen molar-refractivity contribution in [3.63, 3.8) is 0 Å². The summed E-state index contributed by atoms with van der Waals surface area (Å²) in [6.45, 7) is 2.58. The molecule has 0 saturated heterocycles. The van der Waals surface area contributed by atoms with Crippen LogP contribution in [0, 0.1) is 18.3 Å². The molecule has 0 atom stereocenters. The van der Waals surface area contributed by atoms with Gasteiger partial charge in [-0.3, -0.25) is 0 Å². The molecular formula is C15H11BrN6. The number of nitrogens with zero attached hydrogens (tertiary/aromatic N) is 6. The number of nitriles is 1. The maximum absolute atomic E-state index is 8.88. The number of benzene rings is 1. The van der Waals surface area contributed by atoms with Gasteiger partial charge in [-0.15, -0.1) is 0 Å². The Morgan fingerprint density at radius 1 is 1.41 bits per heavy atom. The largest absolute Gasteiger partial charge is 0.300 e. The van der Waals surface area contributed by atoms with Gasteiger partial charge < -0.3 is 4.57 Å². The van der Waals surface area contributed by atoms with Gasteiger partial charge in [0.25, 0.3) is 0 Å². The van der Waals surface area contributed by atoms with Gasteiger partial charge in [0.2, 0.25) is 0 Å². The van der Waals surface area contributed by atoms with Crippen LogP contribution < -0.4 is 0 Å². The Kier molecular flexibility index (Phi) is 2.87. The summed E-state index contributed by atoms with van der Waals surface area (Å²) >= 11 is 3.52. The van der Waals surface area contributed by atoms with Crippen molar-refractivity contribution in [2.75, 3.05) is 0 Å². The first kappa shape index (κ1) is 13.2. The smallest absolute Gasteiger partial charge is 0.165 e. The molecule has 0 spiro atoms. The van der Waals surface area contributed by atoms with Crippen molar-refractivity contribution >= 4 is 15.9 Å². The van der Waals surface area contributed by atoms with E-state index in [-0.39, 0.29) is 6.42 Å². The van der Waals surface area contributed by atoms with Gasteiger partial charge in [-0.25, -0.2) is 14.6 Å². The van der Waals surface area contributed by atoms with Gasteiger partial charge in [0.1, 0.15) is 0 Å². The van der Waals surface area contributed by atoms with E-state index in [1.54, 1.807) is 0 Å². The Morgan fingerprint density at radius 3 is 3.09 bits per heavy atom. The highest BCUT2D eigenvalue weighted by Crippen LogP contribution is 2.33. The fraction of sp³-hybridized carbons (Fsp3) is 0.200. The van der Waals surface area contributed by atoms with Crippen LogP contribution in [0.1, 0.15) is 17.2 Å². The van der Waals surface area contributed by atoms with Crippen molar-refractivity contribution in [2.45, 2.75) is 19.9 Å². The highest BCUT2D eigenvalue weighted by molar-refractivity contribution is 9.10. The number of aryl methyl sites for hydroxylation is 1. The number of fused-ring (bicyclic) bond motifs is 5. The number of imidazole rings is 1. The minimum Gasteiger partial charge on any atom is -0.300 e. The number of hydrogen-bond acceptors (Lipinski definition) is 4. The summed E-state index contributed by atoms with van der Waals surface area (Å²) in [6.07, 6.45) is 2.04. The molecule has 0 bridgehead atoms. The Hall–Kier alpha value is -2.46. The quantitative estimate of drug-likeness (QED) is 0.526. The van der Waals surface area contributed by atoms with Crippen LogP contribution in [0.2, 0.25) is 0 Å². The molecule has 0 N–H and O–H groups in total. The van der Waals surface area contributed by atoms with Crippen LogP contribution in [0.3, 0.4) is 0 Å². The molecule has 22 heavy (non-hydrogen) atoms. The summed E-state index contributed by atoms with van der Waals surface area (Å²) in [5.41, 5.74) is 4.05. The van der Waals surface area contributed by atoms with E-state index in [9.17, 15) is 0 Å². The molecule has 0 unspecified atom stereocenters. The highest BCUT2D eigenvalue weighted by Gasteiger charge is 2.23. The maximum Gasteiger partial charge on any atom is 0.165 e. The van der Waals surface area contributed by atoms with E-state index < -0.39 is 0 Å². The Labute approximate surface area is 135 Å². The molecule has 7 heteroatoms. The number of rotatable bonds is 1. The normalized spacial score (nSPS) is 12.0. The Morgan fingerprint density at radius 2 is 2.27 bits per heavy atom. The SMILES string of the molecule is Cc1ncn2c1Cn1nc(CC#N)nc1-c1cc(Br)ccc1-2. The lowest BCUT2D eigenvalue weighted by Gasteiger charge is -2.08. The van der Waals surface area contributed by atoms with Crippen LogP contribution in [0.5, 0.6) is 0 Å². The van der Waals surface area contributed by atoms with E-state index in [2.05, 4.69) is 41.6 Å². The Balaban J connectivity index is 2.04. The molecule has 0 amide bonds. The predicted octanol–water partition coefficient (Wildman–Crippen LogP) is 2.63. The summed E-state index contributed by atoms with van der Waals surface area (Å²) in [5, 5.41) is 13.4. The molecule has 6 nitrogen and oxygen atoms in total. The van der Waals surface area contributed by atoms with Gasteiger partial charge in [-0.2, -0.15) is 10.4 Å². The first-order chi connectivity index (χ1) is 10.7. The molecule has 2 aromatic heterocycles. The van der Waals surface area contributed by atoms with E-state index in [1.807, 2.05) is 36.1 Å². The van der Waals surface area contributed by atoms with Crippen molar-refractivity contribution in [3.05, 3.63) is 46.2 Å². The van der Waals surface area contributed by atoms with Crippen LogP contribution in [-0.4, -0.2) is 24.3 Å². The molecule has 4 rings (SSSR count). The third-order valence-electron chi connectivity index (χ3n) is 3.79. The molecule has 3 aromatic rings. The lowest BCUT2D eigenvalue weighted by molar-refractivity contribution is 0.665. The van der Waals surface area contributed by atoms with E-state index in [0.29, 0.717) is 12.4 Å². The molecule has 0 radical (unpaired) electrons. The molecule has 0 aliphatic carbocycles. The lowest BCUT2D eigenvalue weighted by Crippen LogP contribution is -2.06. The molecule has 1 aliphatic rings. The fourth-order valence-corrected chi connectivity index (χ4v) is 3.11. The van der Waals surface area contributed by atoms with Gasteiger partial charge in [-0.1, -0.05) is 15.9 Å². The second kappa shape index (κ2) is 4.78. The first-order valence-corrected chi connectivity index (χ1v) is 7.60. The van der Waals surface area contributed by atoms with Gasteiger partial charge in [0.05, 0.1) is 42.4 Å². The Bertz CT molecular complexity index is 930. The van der Waals surface area contributed by atoms with E-state index >= 15 is 0 Å². The van der Waals surface area contributed by atoms with E-state index in [0.717, 1.165) is 32.9 Å². The van der Waals surface area contributed by atoms with Crippen molar-refractivity contribution in [1.29, 1.82) is 5.26 Å². The summed E-state index contributed by atoms with van der Waals surface area (Å²) in [6, 6.07) is 8.17. The van der Waals surface area contributed by atoms with Crippen LogP contribution in [0.25, 0.3) is 17.1 Å². The average molecular weight is 355 g/mol. The zero-order chi connectivity index (χ0) is 15.3.